The normalized spacial score (nSPS) is 21.0. The summed E-state index contributed by atoms with van der Waals surface area (Å²) in [5.41, 5.74) is 1.03. The van der Waals surface area contributed by atoms with E-state index in [0.717, 1.165) is 77.1 Å². The molecule has 2 aliphatic heterocycles. The Balaban J connectivity index is 1.74. The van der Waals surface area contributed by atoms with Crippen molar-refractivity contribution in [3.05, 3.63) is 33.7 Å². The highest BCUT2D eigenvalue weighted by Crippen LogP contribution is 2.23. The van der Waals surface area contributed by atoms with E-state index >= 15 is 0 Å². The number of carbonyl (C=O) groups is 1. The van der Waals surface area contributed by atoms with Gasteiger partial charge in [-0.05, 0) is 56.6 Å². The van der Waals surface area contributed by atoms with Gasteiger partial charge in [0.2, 0.25) is 0 Å². The van der Waals surface area contributed by atoms with Gasteiger partial charge < -0.3 is 14.2 Å². The number of amides is 1. The van der Waals surface area contributed by atoms with Gasteiger partial charge in [0.25, 0.3) is 11.5 Å². The number of nitrogens with zero attached hydrogens (tertiary/aromatic N) is 3. The molecule has 0 aliphatic carbocycles. The number of hydrogen-bond donors (Lipinski definition) is 0. The summed E-state index contributed by atoms with van der Waals surface area (Å²) in [6.07, 6.45) is 6.95. The second-order valence-electron chi connectivity index (χ2n) is 8.95. The van der Waals surface area contributed by atoms with E-state index in [9.17, 15) is 9.59 Å². The van der Waals surface area contributed by atoms with Crippen molar-refractivity contribution in [2.75, 3.05) is 39.4 Å². The van der Waals surface area contributed by atoms with Gasteiger partial charge in [-0.3, -0.25) is 14.5 Å². The van der Waals surface area contributed by atoms with Gasteiger partial charge in [-0.2, -0.15) is 0 Å². The first-order valence-corrected chi connectivity index (χ1v) is 11.3. The van der Waals surface area contributed by atoms with Crippen LogP contribution in [-0.2, 0) is 11.3 Å². The molecule has 1 aromatic heterocycles. The Morgan fingerprint density at radius 3 is 2.66 bits per heavy atom. The molecule has 6 heteroatoms. The van der Waals surface area contributed by atoms with Crippen LogP contribution in [0.25, 0.3) is 0 Å². The Morgan fingerprint density at radius 2 is 1.93 bits per heavy atom. The zero-order valence-corrected chi connectivity index (χ0v) is 18.4. The molecule has 1 amide bonds. The molecule has 0 spiro atoms. The molecule has 0 bridgehead atoms. The summed E-state index contributed by atoms with van der Waals surface area (Å²) in [5, 5.41) is 0. The van der Waals surface area contributed by atoms with Gasteiger partial charge in [0, 0.05) is 45.0 Å². The lowest BCUT2D eigenvalue weighted by molar-refractivity contribution is 0.0295. The summed E-state index contributed by atoms with van der Waals surface area (Å²) < 4.78 is 7.15. The lowest BCUT2D eigenvalue weighted by atomic mass is 9.97. The Labute approximate surface area is 174 Å². The SMILES string of the molecule is Cc1ccn(CCC(C)C)c(=O)c1C(=O)N1CCCCC1CCN1CCOCC1. The highest BCUT2D eigenvalue weighted by atomic mass is 16.5. The van der Waals surface area contributed by atoms with Crippen LogP contribution in [0.3, 0.4) is 0 Å². The molecule has 6 nitrogen and oxygen atoms in total. The van der Waals surface area contributed by atoms with Crippen LogP contribution < -0.4 is 5.56 Å². The standard InChI is InChI=1S/C23H37N3O3/c1-18(2)7-12-25-13-8-19(3)21(22(25)27)23(28)26-10-5-4-6-20(26)9-11-24-14-16-29-17-15-24/h8,13,18,20H,4-7,9-12,14-17H2,1-3H3. The second-order valence-corrected chi connectivity index (χ2v) is 8.95. The zero-order valence-electron chi connectivity index (χ0n) is 18.4. The quantitative estimate of drug-likeness (QED) is 0.702. The first-order valence-electron chi connectivity index (χ1n) is 11.3. The van der Waals surface area contributed by atoms with E-state index in [1.54, 1.807) is 4.57 Å². The summed E-state index contributed by atoms with van der Waals surface area (Å²) in [5.74, 6) is 0.451. The molecule has 1 unspecified atom stereocenters. The maximum atomic E-state index is 13.5. The number of likely N-dealkylation sites (tertiary alicyclic amines) is 1. The maximum Gasteiger partial charge on any atom is 0.263 e. The number of aromatic nitrogens is 1. The molecule has 2 aliphatic rings. The molecule has 3 heterocycles. The number of morpholine rings is 1. The predicted octanol–water partition coefficient (Wildman–Crippen LogP) is 2.92. The molecule has 3 rings (SSSR count). The Hall–Kier alpha value is -1.66. The smallest absolute Gasteiger partial charge is 0.263 e. The van der Waals surface area contributed by atoms with Crippen LogP contribution in [0.5, 0.6) is 0 Å². The molecule has 1 atom stereocenters. The number of aryl methyl sites for hydroxylation is 2. The van der Waals surface area contributed by atoms with E-state index in [0.29, 0.717) is 18.0 Å². The molecule has 0 N–H and O–H groups in total. The summed E-state index contributed by atoms with van der Waals surface area (Å²) in [6.45, 7) is 12.1. The van der Waals surface area contributed by atoms with Crippen molar-refractivity contribution < 1.29 is 9.53 Å². The van der Waals surface area contributed by atoms with Crippen LogP contribution in [-0.4, -0.2) is 65.7 Å². The molecule has 2 saturated heterocycles. The third kappa shape index (κ3) is 5.70. The Morgan fingerprint density at radius 1 is 1.17 bits per heavy atom. The first-order chi connectivity index (χ1) is 14.0. The molecule has 0 aromatic carbocycles. The number of ether oxygens (including phenoxy) is 1. The van der Waals surface area contributed by atoms with Crippen LogP contribution in [0.2, 0.25) is 0 Å². The van der Waals surface area contributed by atoms with Crippen molar-refractivity contribution >= 4 is 5.91 Å². The fourth-order valence-electron chi connectivity index (χ4n) is 4.37. The van der Waals surface area contributed by atoms with Gasteiger partial charge in [-0.15, -0.1) is 0 Å². The summed E-state index contributed by atoms with van der Waals surface area (Å²) >= 11 is 0. The Bertz CT molecular complexity index is 737. The monoisotopic (exact) mass is 403 g/mol. The van der Waals surface area contributed by atoms with Gasteiger partial charge in [-0.1, -0.05) is 13.8 Å². The minimum absolute atomic E-state index is 0.0712. The molecule has 2 fully saturated rings. The van der Waals surface area contributed by atoms with Crippen molar-refractivity contribution in [3.8, 4) is 0 Å². The lowest BCUT2D eigenvalue weighted by Crippen LogP contribution is -2.48. The minimum atomic E-state index is -0.131. The molecular formula is C23H37N3O3. The van der Waals surface area contributed by atoms with Crippen molar-refractivity contribution in [1.29, 1.82) is 0 Å². The average molecular weight is 404 g/mol. The van der Waals surface area contributed by atoms with Gasteiger partial charge in [0.1, 0.15) is 5.56 Å². The molecule has 1 aromatic rings. The van der Waals surface area contributed by atoms with Crippen molar-refractivity contribution in [2.24, 2.45) is 5.92 Å². The van der Waals surface area contributed by atoms with E-state index in [4.69, 9.17) is 4.74 Å². The van der Waals surface area contributed by atoms with Crippen LogP contribution in [0, 0.1) is 12.8 Å². The summed E-state index contributed by atoms with van der Waals surface area (Å²) in [6, 6.07) is 2.14. The van der Waals surface area contributed by atoms with E-state index in [2.05, 4.69) is 18.7 Å². The molecule has 0 radical (unpaired) electrons. The minimum Gasteiger partial charge on any atom is -0.379 e. The predicted molar refractivity (Wildman–Crippen MR) is 115 cm³/mol. The van der Waals surface area contributed by atoms with Crippen molar-refractivity contribution in [1.82, 2.24) is 14.4 Å². The van der Waals surface area contributed by atoms with Crippen LogP contribution >= 0.6 is 0 Å². The fourth-order valence-corrected chi connectivity index (χ4v) is 4.37. The highest BCUT2D eigenvalue weighted by molar-refractivity contribution is 5.95. The number of piperidine rings is 1. The molecule has 0 saturated carbocycles. The summed E-state index contributed by atoms with van der Waals surface area (Å²) in [4.78, 5) is 31.0. The average Bonchev–Trinajstić information content (AvgIpc) is 2.72. The largest absolute Gasteiger partial charge is 0.379 e. The topological polar surface area (TPSA) is 54.8 Å². The Kier molecular flexibility index (Phi) is 7.90. The zero-order chi connectivity index (χ0) is 20.8. The van der Waals surface area contributed by atoms with E-state index in [-0.39, 0.29) is 17.5 Å². The van der Waals surface area contributed by atoms with E-state index in [1.807, 2.05) is 24.1 Å². The summed E-state index contributed by atoms with van der Waals surface area (Å²) in [7, 11) is 0. The van der Waals surface area contributed by atoms with Gasteiger partial charge in [-0.25, -0.2) is 0 Å². The van der Waals surface area contributed by atoms with Crippen LogP contribution in [0.15, 0.2) is 17.1 Å². The number of hydrogen-bond acceptors (Lipinski definition) is 4. The van der Waals surface area contributed by atoms with Crippen LogP contribution in [0.4, 0.5) is 0 Å². The van der Waals surface area contributed by atoms with Gasteiger partial charge in [0.05, 0.1) is 13.2 Å². The van der Waals surface area contributed by atoms with Gasteiger partial charge >= 0.3 is 0 Å². The molecule has 29 heavy (non-hydrogen) atoms. The second kappa shape index (κ2) is 10.4. The van der Waals surface area contributed by atoms with Gasteiger partial charge in [0.15, 0.2) is 0 Å². The maximum absolute atomic E-state index is 13.5. The first kappa shape index (κ1) is 22.0. The molecule has 162 valence electrons. The third-order valence-corrected chi connectivity index (χ3v) is 6.31. The molecular weight excluding hydrogens is 366 g/mol. The van der Waals surface area contributed by atoms with Crippen molar-refractivity contribution in [2.45, 2.75) is 65.5 Å². The van der Waals surface area contributed by atoms with E-state index < -0.39 is 0 Å². The lowest BCUT2D eigenvalue weighted by Gasteiger charge is -2.37. The fraction of sp³-hybridized carbons (Fsp3) is 0.739. The van der Waals surface area contributed by atoms with E-state index in [1.165, 1.54) is 0 Å². The number of carbonyl (C=O) groups excluding carboxylic acids is 1. The number of pyridine rings is 1. The van der Waals surface area contributed by atoms with Crippen molar-refractivity contribution in [3.63, 3.8) is 0 Å². The van der Waals surface area contributed by atoms with Crippen LogP contribution in [0.1, 0.15) is 61.9 Å². The number of rotatable bonds is 7. The third-order valence-electron chi connectivity index (χ3n) is 6.31. The highest BCUT2D eigenvalue weighted by Gasteiger charge is 2.30.